The first-order chi connectivity index (χ1) is 9.57. The molecule has 0 spiro atoms. The third-order valence-corrected chi connectivity index (χ3v) is 5.60. The third kappa shape index (κ3) is 3.24. The van der Waals surface area contributed by atoms with E-state index in [1.807, 2.05) is 24.4 Å². The normalized spacial score (nSPS) is 11.9. The average Bonchev–Trinajstić information content (AvgIpc) is 2.97. The molecule has 20 heavy (non-hydrogen) atoms. The minimum absolute atomic E-state index is 0.0631. The molecule has 108 valence electrons. The summed E-state index contributed by atoms with van der Waals surface area (Å²) >= 11 is 1.54. The van der Waals surface area contributed by atoms with Crippen LogP contribution >= 0.6 is 11.3 Å². The summed E-state index contributed by atoms with van der Waals surface area (Å²) in [5.74, 6) is 0. The minimum atomic E-state index is -3.56. The van der Waals surface area contributed by atoms with Crippen LogP contribution in [0.3, 0.4) is 0 Å². The lowest BCUT2D eigenvalue weighted by Gasteiger charge is -2.19. The van der Waals surface area contributed by atoms with Crippen molar-refractivity contribution in [3.63, 3.8) is 0 Å². The number of pyridine rings is 1. The Labute approximate surface area is 123 Å². The van der Waals surface area contributed by atoms with Crippen LogP contribution in [0, 0.1) is 0 Å². The number of hydrogen-bond acceptors (Lipinski definition) is 5. The summed E-state index contributed by atoms with van der Waals surface area (Å²) < 4.78 is 26.5. The summed E-state index contributed by atoms with van der Waals surface area (Å²) in [6, 6.07) is 7.04. The lowest BCUT2D eigenvalue weighted by Crippen LogP contribution is -2.30. The molecule has 0 saturated heterocycles. The first kappa shape index (κ1) is 15.1. The van der Waals surface area contributed by atoms with E-state index in [0.29, 0.717) is 19.6 Å². The quantitative estimate of drug-likeness (QED) is 0.883. The maximum absolute atomic E-state index is 12.5. The molecule has 2 aromatic heterocycles. The van der Waals surface area contributed by atoms with Crippen LogP contribution in [0.5, 0.6) is 0 Å². The van der Waals surface area contributed by atoms with Crippen molar-refractivity contribution in [1.29, 1.82) is 0 Å². The van der Waals surface area contributed by atoms with E-state index in [2.05, 4.69) is 4.98 Å². The summed E-state index contributed by atoms with van der Waals surface area (Å²) in [5, 5.41) is 2.00. The van der Waals surface area contributed by atoms with Gasteiger partial charge in [-0.15, -0.1) is 11.3 Å². The van der Waals surface area contributed by atoms with Gasteiger partial charge in [0.2, 0.25) is 0 Å². The van der Waals surface area contributed by atoms with Crippen molar-refractivity contribution < 1.29 is 8.42 Å². The number of sulfonamides is 1. The molecule has 0 aliphatic carbocycles. The van der Waals surface area contributed by atoms with Crippen molar-refractivity contribution in [1.82, 2.24) is 9.29 Å². The van der Waals surface area contributed by atoms with Gasteiger partial charge < -0.3 is 5.73 Å². The van der Waals surface area contributed by atoms with E-state index in [0.717, 1.165) is 10.4 Å². The Bertz CT molecular complexity index is 637. The van der Waals surface area contributed by atoms with Crippen molar-refractivity contribution in [3.8, 4) is 0 Å². The van der Waals surface area contributed by atoms with Gasteiger partial charge in [-0.05, 0) is 23.1 Å². The molecule has 0 bridgehead atoms. The minimum Gasteiger partial charge on any atom is -0.326 e. The highest BCUT2D eigenvalue weighted by Crippen LogP contribution is 2.19. The van der Waals surface area contributed by atoms with Crippen molar-refractivity contribution in [2.24, 2.45) is 5.73 Å². The largest absolute Gasteiger partial charge is 0.326 e. The molecule has 0 amide bonds. The topological polar surface area (TPSA) is 76.3 Å². The number of aromatic nitrogens is 1. The van der Waals surface area contributed by atoms with Crippen molar-refractivity contribution in [2.45, 2.75) is 25.0 Å². The SMILES string of the molecule is CCN(Cc1cccs1)S(=O)(=O)c1ccc(CN)cn1. The summed E-state index contributed by atoms with van der Waals surface area (Å²) in [6.07, 6.45) is 1.51. The zero-order valence-corrected chi connectivity index (χ0v) is 12.8. The Morgan fingerprint density at radius 1 is 1.35 bits per heavy atom. The number of rotatable bonds is 6. The summed E-state index contributed by atoms with van der Waals surface area (Å²) in [6.45, 7) is 2.94. The van der Waals surface area contributed by atoms with E-state index in [9.17, 15) is 8.42 Å². The molecule has 2 heterocycles. The second-order valence-corrected chi connectivity index (χ2v) is 7.14. The van der Waals surface area contributed by atoms with Gasteiger partial charge in [-0.3, -0.25) is 0 Å². The molecule has 2 N–H and O–H groups in total. The number of nitrogens with zero attached hydrogens (tertiary/aromatic N) is 2. The van der Waals surface area contributed by atoms with Gasteiger partial charge in [0, 0.05) is 30.7 Å². The van der Waals surface area contributed by atoms with Crippen LogP contribution in [-0.2, 0) is 23.1 Å². The predicted octanol–water partition coefficient (Wildman–Crippen LogP) is 1.81. The van der Waals surface area contributed by atoms with Crippen molar-refractivity contribution in [2.75, 3.05) is 6.54 Å². The van der Waals surface area contributed by atoms with Gasteiger partial charge in [0.15, 0.2) is 5.03 Å². The Kier molecular flexibility index (Phi) is 4.87. The Balaban J connectivity index is 2.26. The molecule has 0 fully saturated rings. The molecule has 0 unspecified atom stereocenters. The van der Waals surface area contributed by atoms with E-state index in [-0.39, 0.29) is 5.03 Å². The van der Waals surface area contributed by atoms with Crippen LogP contribution in [0.15, 0.2) is 40.9 Å². The monoisotopic (exact) mass is 311 g/mol. The molecule has 0 aromatic carbocycles. The van der Waals surface area contributed by atoms with Crippen LogP contribution in [0.4, 0.5) is 0 Å². The van der Waals surface area contributed by atoms with E-state index >= 15 is 0 Å². The summed E-state index contributed by atoms with van der Waals surface area (Å²) in [5.41, 5.74) is 6.30. The fraction of sp³-hybridized carbons (Fsp3) is 0.308. The van der Waals surface area contributed by atoms with Crippen LogP contribution in [-0.4, -0.2) is 24.3 Å². The van der Waals surface area contributed by atoms with E-state index < -0.39 is 10.0 Å². The molecule has 0 atom stereocenters. The van der Waals surface area contributed by atoms with Gasteiger partial charge in [-0.1, -0.05) is 19.1 Å². The second kappa shape index (κ2) is 6.45. The van der Waals surface area contributed by atoms with E-state index in [1.165, 1.54) is 16.6 Å². The first-order valence-corrected chi connectivity index (χ1v) is 8.57. The maximum Gasteiger partial charge on any atom is 0.260 e. The smallest absolute Gasteiger partial charge is 0.260 e. The molecule has 0 radical (unpaired) electrons. The number of thiophene rings is 1. The van der Waals surface area contributed by atoms with Crippen LogP contribution in [0.25, 0.3) is 0 Å². The van der Waals surface area contributed by atoms with Gasteiger partial charge in [-0.25, -0.2) is 13.4 Å². The van der Waals surface area contributed by atoms with Crippen LogP contribution < -0.4 is 5.73 Å². The van der Waals surface area contributed by atoms with Gasteiger partial charge in [0.25, 0.3) is 10.0 Å². The Morgan fingerprint density at radius 3 is 2.65 bits per heavy atom. The summed E-state index contributed by atoms with van der Waals surface area (Å²) in [4.78, 5) is 5.02. The zero-order chi connectivity index (χ0) is 14.6. The van der Waals surface area contributed by atoms with Crippen LogP contribution in [0.2, 0.25) is 0 Å². The molecular formula is C13H17N3O2S2. The molecule has 0 aliphatic rings. The maximum atomic E-state index is 12.5. The fourth-order valence-corrected chi connectivity index (χ4v) is 3.90. The number of nitrogens with two attached hydrogens (primary N) is 1. The van der Waals surface area contributed by atoms with Gasteiger partial charge in [-0.2, -0.15) is 4.31 Å². The highest BCUT2D eigenvalue weighted by molar-refractivity contribution is 7.89. The van der Waals surface area contributed by atoms with E-state index in [4.69, 9.17) is 5.73 Å². The molecule has 0 aliphatic heterocycles. The predicted molar refractivity (Wildman–Crippen MR) is 79.7 cm³/mol. The highest BCUT2D eigenvalue weighted by Gasteiger charge is 2.24. The Hall–Kier alpha value is -1.28. The number of hydrogen-bond donors (Lipinski definition) is 1. The van der Waals surface area contributed by atoms with Gasteiger partial charge in [0.05, 0.1) is 0 Å². The summed E-state index contributed by atoms with van der Waals surface area (Å²) in [7, 11) is -3.56. The lowest BCUT2D eigenvalue weighted by atomic mass is 10.3. The highest BCUT2D eigenvalue weighted by atomic mass is 32.2. The van der Waals surface area contributed by atoms with Crippen LogP contribution in [0.1, 0.15) is 17.4 Å². The standard InChI is InChI=1S/C13H17N3O2S2/c1-2-16(10-12-4-3-7-19-12)20(17,18)13-6-5-11(8-14)9-15-13/h3-7,9H,2,8,10,14H2,1H3. The molecule has 7 heteroatoms. The average molecular weight is 311 g/mol. The third-order valence-electron chi connectivity index (χ3n) is 2.90. The zero-order valence-electron chi connectivity index (χ0n) is 11.2. The fourth-order valence-electron chi connectivity index (χ4n) is 1.76. The molecule has 2 aromatic rings. The van der Waals surface area contributed by atoms with Crippen molar-refractivity contribution in [3.05, 3.63) is 46.3 Å². The van der Waals surface area contributed by atoms with Crippen molar-refractivity contribution >= 4 is 21.4 Å². The first-order valence-electron chi connectivity index (χ1n) is 6.25. The second-order valence-electron chi connectivity index (χ2n) is 4.22. The molecule has 0 saturated carbocycles. The molecular weight excluding hydrogens is 294 g/mol. The van der Waals surface area contributed by atoms with Gasteiger partial charge >= 0.3 is 0 Å². The van der Waals surface area contributed by atoms with Gasteiger partial charge in [0.1, 0.15) is 0 Å². The molecule has 5 nitrogen and oxygen atoms in total. The lowest BCUT2D eigenvalue weighted by molar-refractivity contribution is 0.424. The van der Waals surface area contributed by atoms with E-state index in [1.54, 1.807) is 17.4 Å². The Morgan fingerprint density at radius 2 is 2.15 bits per heavy atom. The molecule has 2 rings (SSSR count).